The van der Waals surface area contributed by atoms with Gasteiger partial charge in [0, 0.05) is 38.6 Å². The van der Waals surface area contributed by atoms with Crippen molar-refractivity contribution < 1.29 is 14.3 Å². The van der Waals surface area contributed by atoms with Gasteiger partial charge < -0.3 is 19.3 Å². The van der Waals surface area contributed by atoms with Crippen molar-refractivity contribution in [2.75, 3.05) is 57.5 Å². The topological polar surface area (TPSA) is 67.8 Å². The summed E-state index contributed by atoms with van der Waals surface area (Å²) in [4.78, 5) is 24.7. The van der Waals surface area contributed by atoms with Crippen molar-refractivity contribution in [2.45, 2.75) is 0 Å². The van der Waals surface area contributed by atoms with E-state index < -0.39 is 0 Å². The summed E-state index contributed by atoms with van der Waals surface area (Å²) in [5.41, 5.74) is 0.531. The van der Waals surface area contributed by atoms with Gasteiger partial charge in [-0.05, 0) is 0 Å². The third kappa shape index (κ3) is 2.88. The van der Waals surface area contributed by atoms with Crippen LogP contribution in [0.2, 0.25) is 0 Å². The molecule has 1 aromatic heterocycles. The van der Waals surface area contributed by atoms with Crippen molar-refractivity contribution in [2.24, 2.45) is 0 Å². The molecule has 1 aromatic rings. The lowest BCUT2D eigenvalue weighted by Gasteiger charge is -2.28. The second-order valence-corrected chi connectivity index (χ2v) is 4.78. The lowest BCUT2D eigenvalue weighted by atomic mass is 10.3. The van der Waals surface area contributed by atoms with Crippen LogP contribution in [0.15, 0.2) is 12.4 Å². The summed E-state index contributed by atoms with van der Waals surface area (Å²) in [7, 11) is 0. The van der Waals surface area contributed by atoms with Crippen LogP contribution in [0.5, 0.6) is 0 Å². The zero-order valence-electron chi connectivity index (χ0n) is 11.3. The Balaban J connectivity index is 1.67. The number of rotatable bonds is 2. The van der Waals surface area contributed by atoms with Gasteiger partial charge in [0.25, 0.3) is 5.91 Å². The maximum Gasteiger partial charge on any atom is 0.257 e. The van der Waals surface area contributed by atoms with Crippen LogP contribution in [0.1, 0.15) is 10.4 Å². The van der Waals surface area contributed by atoms with Gasteiger partial charge in [-0.15, -0.1) is 0 Å². The molecule has 2 aliphatic rings. The van der Waals surface area contributed by atoms with Crippen LogP contribution in [-0.4, -0.2) is 73.4 Å². The molecule has 2 saturated heterocycles. The second-order valence-electron chi connectivity index (χ2n) is 4.78. The monoisotopic (exact) mass is 278 g/mol. The van der Waals surface area contributed by atoms with Gasteiger partial charge in [-0.2, -0.15) is 0 Å². The van der Waals surface area contributed by atoms with Crippen molar-refractivity contribution in [1.29, 1.82) is 0 Å². The summed E-state index contributed by atoms with van der Waals surface area (Å²) in [6.07, 6.45) is 3.21. The van der Waals surface area contributed by atoms with E-state index in [0.717, 1.165) is 13.1 Å². The summed E-state index contributed by atoms with van der Waals surface area (Å²) < 4.78 is 10.5. The number of carbonyl (C=O) groups is 1. The zero-order valence-corrected chi connectivity index (χ0v) is 11.3. The molecule has 0 unspecified atom stereocenters. The Bertz CT molecular complexity index is 453. The Labute approximate surface area is 117 Å². The molecule has 0 spiro atoms. The van der Waals surface area contributed by atoms with Crippen LogP contribution < -0.4 is 4.90 Å². The fourth-order valence-electron chi connectivity index (χ4n) is 2.31. The van der Waals surface area contributed by atoms with Crippen LogP contribution in [0.3, 0.4) is 0 Å². The Morgan fingerprint density at radius 2 is 1.50 bits per heavy atom. The maximum absolute atomic E-state index is 12.2. The molecule has 0 aromatic carbocycles. The fourth-order valence-corrected chi connectivity index (χ4v) is 2.31. The molecule has 2 aliphatic heterocycles. The minimum absolute atomic E-state index is 0.0261. The molecule has 7 heteroatoms. The standard InChI is InChI=1S/C13H18N4O3/c18-12(16-1-5-19-6-2-16)11-9-14-13(15-10-11)17-3-7-20-8-4-17/h9-10H,1-8H2. The van der Waals surface area contributed by atoms with Gasteiger partial charge in [0.1, 0.15) is 0 Å². The number of amides is 1. The predicted molar refractivity (Wildman–Crippen MR) is 71.8 cm³/mol. The first kappa shape index (κ1) is 13.3. The Morgan fingerprint density at radius 1 is 0.950 bits per heavy atom. The van der Waals surface area contributed by atoms with Crippen molar-refractivity contribution in [3.8, 4) is 0 Å². The number of carbonyl (C=O) groups excluding carboxylic acids is 1. The van der Waals surface area contributed by atoms with E-state index in [1.807, 2.05) is 0 Å². The Hall–Kier alpha value is -1.73. The lowest BCUT2D eigenvalue weighted by molar-refractivity contribution is 0.0302. The Kier molecular flexibility index (Phi) is 4.08. The molecule has 20 heavy (non-hydrogen) atoms. The molecular formula is C13H18N4O3. The third-order valence-electron chi connectivity index (χ3n) is 3.48. The van der Waals surface area contributed by atoms with E-state index >= 15 is 0 Å². The molecule has 1 amide bonds. The first-order valence-electron chi connectivity index (χ1n) is 6.86. The highest BCUT2D eigenvalue weighted by molar-refractivity contribution is 5.93. The largest absolute Gasteiger partial charge is 0.378 e. The molecular weight excluding hydrogens is 260 g/mol. The second kappa shape index (κ2) is 6.15. The molecule has 0 aliphatic carbocycles. The average Bonchev–Trinajstić information content (AvgIpc) is 2.56. The summed E-state index contributed by atoms with van der Waals surface area (Å²) in [6.45, 7) is 5.41. The molecule has 7 nitrogen and oxygen atoms in total. The SMILES string of the molecule is O=C(c1cnc(N2CCOCC2)nc1)N1CCOCC1. The van der Waals surface area contributed by atoms with Crippen molar-refractivity contribution in [3.63, 3.8) is 0 Å². The summed E-state index contributed by atoms with van der Waals surface area (Å²) in [6, 6.07) is 0. The zero-order chi connectivity index (χ0) is 13.8. The van der Waals surface area contributed by atoms with Crippen molar-refractivity contribution in [1.82, 2.24) is 14.9 Å². The van der Waals surface area contributed by atoms with Gasteiger partial charge in [0.05, 0.1) is 32.0 Å². The van der Waals surface area contributed by atoms with Crippen LogP contribution in [0.4, 0.5) is 5.95 Å². The Morgan fingerprint density at radius 3 is 2.10 bits per heavy atom. The smallest absolute Gasteiger partial charge is 0.257 e. The van der Waals surface area contributed by atoms with Gasteiger partial charge in [-0.1, -0.05) is 0 Å². The average molecular weight is 278 g/mol. The number of hydrogen-bond donors (Lipinski definition) is 0. The maximum atomic E-state index is 12.2. The van der Waals surface area contributed by atoms with Gasteiger partial charge >= 0.3 is 0 Å². The van der Waals surface area contributed by atoms with Crippen molar-refractivity contribution >= 4 is 11.9 Å². The van der Waals surface area contributed by atoms with Crippen LogP contribution in [-0.2, 0) is 9.47 Å². The highest BCUT2D eigenvalue weighted by Gasteiger charge is 2.20. The fraction of sp³-hybridized carbons (Fsp3) is 0.615. The van der Waals surface area contributed by atoms with Crippen molar-refractivity contribution in [3.05, 3.63) is 18.0 Å². The molecule has 3 heterocycles. The molecule has 0 N–H and O–H groups in total. The van der Waals surface area contributed by atoms with E-state index in [1.165, 1.54) is 0 Å². The van der Waals surface area contributed by atoms with E-state index in [9.17, 15) is 4.79 Å². The van der Waals surface area contributed by atoms with Crippen LogP contribution in [0, 0.1) is 0 Å². The molecule has 0 atom stereocenters. The van der Waals surface area contributed by atoms with E-state index in [1.54, 1.807) is 17.3 Å². The number of morpholine rings is 2. The molecule has 3 rings (SSSR count). The van der Waals surface area contributed by atoms with Gasteiger partial charge in [-0.25, -0.2) is 9.97 Å². The van der Waals surface area contributed by atoms with Gasteiger partial charge in [0.15, 0.2) is 0 Å². The molecule has 0 bridgehead atoms. The molecule has 2 fully saturated rings. The van der Waals surface area contributed by atoms with E-state index in [0.29, 0.717) is 51.0 Å². The van der Waals surface area contributed by atoms with Crippen LogP contribution >= 0.6 is 0 Å². The first-order valence-corrected chi connectivity index (χ1v) is 6.86. The first-order chi connectivity index (χ1) is 9.84. The lowest BCUT2D eigenvalue weighted by Crippen LogP contribution is -2.41. The summed E-state index contributed by atoms with van der Waals surface area (Å²) in [5, 5.41) is 0. The molecule has 0 radical (unpaired) electrons. The van der Waals surface area contributed by atoms with Crippen LogP contribution in [0.25, 0.3) is 0 Å². The quantitative estimate of drug-likeness (QED) is 0.745. The number of nitrogens with zero attached hydrogens (tertiary/aromatic N) is 4. The molecule has 0 saturated carbocycles. The normalized spacial score (nSPS) is 20.0. The number of hydrogen-bond acceptors (Lipinski definition) is 6. The highest BCUT2D eigenvalue weighted by Crippen LogP contribution is 2.11. The van der Waals surface area contributed by atoms with Gasteiger partial charge in [0.2, 0.25) is 5.95 Å². The van der Waals surface area contributed by atoms with Gasteiger partial charge in [-0.3, -0.25) is 4.79 Å². The minimum Gasteiger partial charge on any atom is -0.378 e. The predicted octanol–water partition coefficient (Wildman–Crippen LogP) is -0.214. The van der Waals surface area contributed by atoms with E-state index in [-0.39, 0.29) is 5.91 Å². The highest BCUT2D eigenvalue weighted by atomic mass is 16.5. The van der Waals surface area contributed by atoms with E-state index in [2.05, 4.69) is 14.9 Å². The molecule has 108 valence electrons. The third-order valence-corrected chi connectivity index (χ3v) is 3.48. The minimum atomic E-state index is -0.0261. The summed E-state index contributed by atoms with van der Waals surface area (Å²) in [5.74, 6) is 0.633. The number of aromatic nitrogens is 2. The number of anilines is 1. The summed E-state index contributed by atoms with van der Waals surface area (Å²) >= 11 is 0. The number of ether oxygens (including phenoxy) is 2. The van der Waals surface area contributed by atoms with E-state index in [4.69, 9.17) is 9.47 Å².